The standard InChI is InChI=1S/C15H34N2/c1-13(12-14(2,3)4)8-9-16-10-11-17-15(5,6)7/h13,16-17H,8-12H2,1-7H3. The van der Waals surface area contributed by atoms with Gasteiger partial charge in [-0.3, -0.25) is 0 Å². The summed E-state index contributed by atoms with van der Waals surface area (Å²) in [6.45, 7) is 19.2. The number of hydrogen-bond donors (Lipinski definition) is 2. The van der Waals surface area contributed by atoms with Crippen molar-refractivity contribution in [1.82, 2.24) is 10.6 Å². The fourth-order valence-electron chi connectivity index (χ4n) is 2.15. The van der Waals surface area contributed by atoms with Gasteiger partial charge in [0.05, 0.1) is 0 Å². The predicted octanol–water partition coefficient (Wildman–Crippen LogP) is 3.43. The number of nitrogens with one attached hydrogen (secondary N) is 2. The molecule has 0 aromatic rings. The molecule has 0 fully saturated rings. The minimum absolute atomic E-state index is 0.237. The molecule has 0 rings (SSSR count). The Labute approximate surface area is 109 Å². The van der Waals surface area contributed by atoms with Crippen molar-refractivity contribution < 1.29 is 0 Å². The molecule has 0 aliphatic carbocycles. The number of rotatable bonds is 7. The van der Waals surface area contributed by atoms with E-state index in [9.17, 15) is 0 Å². The summed E-state index contributed by atoms with van der Waals surface area (Å²) in [4.78, 5) is 0. The molecule has 17 heavy (non-hydrogen) atoms. The molecule has 0 heterocycles. The highest BCUT2D eigenvalue weighted by atomic mass is 15.0. The van der Waals surface area contributed by atoms with E-state index in [0.717, 1.165) is 25.6 Å². The topological polar surface area (TPSA) is 24.1 Å². The van der Waals surface area contributed by atoms with Crippen molar-refractivity contribution in [3.05, 3.63) is 0 Å². The van der Waals surface area contributed by atoms with Gasteiger partial charge in [0.1, 0.15) is 0 Å². The van der Waals surface area contributed by atoms with Crippen LogP contribution in [0.15, 0.2) is 0 Å². The van der Waals surface area contributed by atoms with E-state index in [-0.39, 0.29) is 5.54 Å². The van der Waals surface area contributed by atoms with Crippen LogP contribution < -0.4 is 10.6 Å². The third kappa shape index (κ3) is 13.9. The van der Waals surface area contributed by atoms with E-state index in [2.05, 4.69) is 59.1 Å². The molecular formula is C15H34N2. The van der Waals surface area contributed by atoms with Gasteiger partial charge in [0.15, 0.2) is 0 Å². The van der Waals surface area contributed by atoms with Gasteiger partial charge in [-0.2, -0.15) is 0 Å². The third-order valence-electron chi connectivity index (χ3n) is 2.73. The molecule has 1 unspecified atom stereocenters. The molecule has 1 atom stereocenters. The van der Waals surface area contributed by atoms with Crippen molar-refractivity contribution in [3.63, 3.8) is 0 Å². The Bertz CT molecular complexity index is 186. The summed E-state index contributed by atoms with van der Waals surface area (Å²) in [5.41, 5.74) is 0.703. The summed E-state index contributed by atoms with van der Waals surface area (Å²) in [6, 6.07) is 0. The average Bonchev–Trinajstić information content (AvgIpc) is 2.06. The Morgan fingerprint density at radius 3 is 1.94 bits per heavy atom. The maximum Gasteiger partial charge on any atom is 0.00970 e. The Hall–Kier alpha value is -0.0800. The van der Waals surface area contributed by atoms with Crippen LogP contribution in [0.25, 0.3) is 0 Å². The molecule has 2 nitrogen and oxygen atoms in total. The van der Waals surface area contributed by atoms with E-state index in [1.165, 1.54) is 12.8 Å². The first kappa shape index (κ1) is 16.9. The van der Waals surface area contributed by atoms with E-state index in [1.54, 1.807) is 0 Å². The first-order chi connectivity index (χ1) is 7.60. The Kier molecular flexibility index (Phi) is 7.34. The molecule has 0 aromatic heterocycles. The first-order valence-electron chi connectivity index (χ1n) is 7.06. The van der Waals surface area contributed by atoms with Crippen LogP contribution in [-0.2, 0) is 0 Å². The Balaban J connectivity index is 3.40. The zero-order chi connectivity index (χ0) is 13.5. The largest absolute Gasteiger partial charge is 0.315 e. The molecule has 0 aromatic carbocycles. The molecule has 2 heteroatoms. The molecule has 0 amide bonds. The minimum Gasteiger partial charge on any atom is -0.315 e. The Morgan fingerprint density at radius 2 is 1.47 bits per heavy atom. The molecule has 0 saturated carbocycles. The van der Waals surface area contributed by atoms with Crippen molar-refractivity contribution in [2.24, 2.45) is 11.3 Å². The van der Waals surface area contributed by atoms with Crippen LogP contribution in [0.4, 0.5) is 0 Å². The minimum atomic E-state index is 0.237. The van der Waals surface area contributed by atoms with Gasteiger partial charge in [-0.25, -0.2) is 0 Å². The highest BCUT2D eigenvalue weighted by Gasteiger charge is 2.14. The molecule has 0 radical (unpaired) electrons. The van der Waals surface area contributed by atoms with Gasteiger partial charge in [0.25, 0.3) is 0 Å². The SMILES string of the molecule is CC(CCNCCNC(C)(C)C)CC(C)(C)C. The second-order valence-corrected chi connectivity index (χ2v) is 7.59. The lowest BCUT2D eigenvalue weighted by Gasteiger charge is -2.23. The lowest BCUT2D eigenvalue weighted by molar-refractivity contribution is 0.294. The average molecular weight is 242 g/mol. The third-order valence-corrected chi connectivity index (χ3v) is 2.73. The normalized spacial score (nSPS) is 15.0. The lowest BCUT2D eigenvalue weighted by Crippen LogP contribution is -2.40. The molecule has 0 aliphatic heterocycles. The lowest BCUT2D eigenvalue weighted by atomic mass is 9.84. The molecule has 104 valence electrons. The maximum atomic E-state index is 3.51. The van der Waals surface area contributed by atoms with E-state index in [4.69, 9.17) is 0 Å². The summed E-state index contributed by atoms with van der Waals surface area (Å²) in [6.07, 6.45) is 2.60. The highest BCUT2D eigenvalue weighted by Crippen LogP contribution is 2.25. The van der Waals surface area contributed by atoms with Crippen LogP contribution in [0.5, 0.6) is 0 Å². The zero-order valence-corrected chi connectivity index (χ0v) is 13.1. The van der Waals surface area contributed by atoms with Crippen molar-refractivity contribution >= 4 is 0 Å². The molecule has 0 aliphatic rings. The fourth-order valence-corrected chi connectivity index (χ4v) is 2.15. The molecule has 0 bridgehead atoms. The van der Waals surface area contributed by atoms with E-state index in [0.29, 0.717) is 5.41 Å². The smallest absolute Gasteiger partial charge is 0.00970 e. The quantitative estimate of drug-likeness (QED) is 0.668. The summed E-state index contributed by atoms with van der Waals surface area (Å²) in [7, 11) is 0. The molecule has 0 saturated heterocycles. The van der Waals surface area contributed by atoms with Gasteiger partial charge in [0.2, 0.25) is 0 Å². The van der Waals surface area contributed by atoms with Crippen LogP contribution in [-0.4, -0.2) is 25.2 Å². The monoisotopic (exact) mass is 242 g/mol. The summed E-state index contributed by atoms with van der Waals surface area (Å²) in [5.74, 6) is 0.818. The highest BCUT2D eigenvalue weighted by molar-refractivity contribution is 4.71. The molecular weight excluding hydrogens is 208 g/mol. The Morgan fingerprint density at radius 1 is 0.882 bits per heavy atom. The zero-order valence-electron chi connectivity index (χ0n) is 13.1. The van der Waals surface area contributed by atoms with Crippen LogP contribution in [0, 0.1) is 11.3 Å². The first-order valence-corrected chi connectivity index (χ1v) is 7.06. The van der Waals surface area contributed by atoms with Gasteiger partial charge < -0.3 is 10.6 Å². The van der Waals surface area contributed by atoms with Crippen molar-refractivity contribution in [3.8, 4) is 0 Å². The van der Waals surface area contributed by atoms with Crippen LogP contribution in [0.3, 0.4) is 0 Å². The van der Waals surface area contributed by atoms with Crippen LogP contribution in [0.1, 0.15) is 61.3 Å². The van der Waals surface area contributed by atoms with Crippen molar-refractivity contribution in [2.75, 3.05) is 19.6 Å². The summed E-state index contributed by atoms with van der Waals surface area (Å²) < 4.78 is 0. The van der Waals surface area contributed by atoms with Crippen LogP contribution in [0.2, 0.25) is 0 Å². The fraction of sp³-hybridized carbons (Fsp3) is 1.00. The van der Waals surface area contributed by atoms with Gasteiger partial charge in [0, 0.05) is 18.6 Å². The van der Waals surface area contributed by atoms with Crippen molar-refractivity contribution in [1.29, 1.82) is 0 Å². The van der Waals surface area contributed by atoms with E-state index >= 15 is 0 Å². The van der Waals surface area contributed by atoms with Gasteiger partial charge in [-0.15, -0.1) is 0 Å². The van der Waals surface area contributed by atoms with Crippen molar-refractivity contribution in [2.45, 2.75) is 66.8 Å². The second-order valence-electron chi connectivity index (χ2n) is 7.59. The van der Waals surface area contributed by atoms with Gasteiger partial charge in [-0.05, 0) is 51.5 Å². The van der Waals surface area contributed by atoms with Crippen LogP contribution >= 0.6 is 0 Å². The van der Waals surface area contributed by atoms with E-state index in [1.807, 2.05) is 0 Å². The predicted molar refractivity (Wildman–Crippen MR) is 78.5 cm³/mol. The molecule has 2 N–H and O–H groups in total. The summed E-state index contributed by atoms with van der Waals surface area (Å²) >= 11 is 0. The van der Waals surface area contributed by atoms with E-state index < -0.39 is 0 Å². The van der Waals surface area contributed by atoms with Gasteiger partial charge >= 0.3 is 0 Å². The summed E-state index contributed by atoms with van der Waals surface area (Å²) in [5, 5.41) is 7.00. The number of hydrogen-bond acceptors (Lipinski definition) is 2. The molecule has 0 spiro atoms. The van der Waals surface area contributed by atoms with Gasteiger partial charge in [-0.1, -0.05) is 27.7 Å². The second kappa shape index (κ2) is 7.38. The maximum absolute atomic E-state index is 3.51.